The molecule has 2 rings (SSSR count). The van der Waals surface area contributed by atoms with E-state index < -0.39 is 47.7 Å². The van der Waals surface area contributed by atoms with Crippen LogP contribution in [0.1, 0.15) is 58.9 Å². The van der Waals surface area contributed by atoms with Crippen LogP contribution in [-0.4, -0.2) is 66.9 Å². The Hall–Kier alpha value is -3.47. The van der Waals surface area contributed by atoms with Crippen LogP contribution in [0, 0.1) is 11.8 Å². The van der Waals surface area contributed by atoms with Gasteiger partial charge in [-0.05, 0) is 36.7 Å². The van der Waals surface area contributed by atoms with E-state index in [1.54, 1.807) is 13.8 Å². The first-order valence-corrected chi connectivity index (χ1v) is 13.7. The van der Waals surface area contributed by atoms with Gasteiger partial charge in [0.25, 0.3) is 0 Å². The molecule has 11 heteroatoms. The zero-order valence-corrected chi connectivity index (χ0v) is 23.3. The number of esters is 1. The summed E-state index contributed by atoms with van der Waals surface area (Å²) < 4.78 is 5.25. The predicted molar refractivity (Wildman–Crippen MR) is 146 cm³/mol. The lowest BCUT2D eigenvalue weighted by Crippen LogP contribution is -2.57. The minimum Gasteiger partial charge on any atom is -0.461 e. The summed E-state index contributed by atoms with van der Waals surface area (Å²) in [5, 5.41) is 10.4. The standard InChI is InChI=1S/C28H43N5O6/c1-5-18(4)24(29)27(37)30-15-22(34)32-21(14-19-10-7-6-8-11-19)26(36)33-25(17(2)3)28(38)31-16-23(35)39-20-12-9-13-20/h6-8,10-11,17-18,20-21,24-25H,5,9,12-16,29H2,1-4H3,(H,30,37)(H,31,38)(H,32,34)(H,33,36). The first-order chi connectivity index (χ1) is 18.5. The van der Waals surface area contributed by atoms with Crippen LogP contribution in [0.4, 0.5) is 0 Å². The number of carbonyl (C=O) groups excluding carboxylic acids is 5. The van der Waals surface area contributed by atoms with Crippen LogP contribution >= 0.6 is 0 Å². The van der Waals surface area contributed by atoms with Crippen LogP contribution < -0.4 is 27.0 Å². The molecule has 4 atom stereocenters. The fourth-order valence-corrected chi connectivity index (χ4v) is 3.88. The molecule has 39 heavy (non-hydrogen) atoms. The number of hydrogen-bond acceptors (Lipinski definition) is 7. The molecule has 1 saturated carbocycles. The van der Waals surface area contributed by atoms with Gasteiger partial charge in [-0.2, -0.15) is 0 Å². The molecule has 0 radical (unpaired) electrons. The van der Waals surface area contributed by atoms with E-state index in [4.69, 9.17) is 10.5 Å². The molecular weight excluding hydrogens is 502 g/mol. The summed E-state index contributed by atoms with van der Waals surface area (Å²) >= 11 is 0. The third-order valence-corrected chi connectivity index (χ3v) is 6.92. The van der Waals surface area contributed by atoms with Gasteiger partial charge in [0.05, 0.1) is 12.6 Å². The molecule has 0 bridgehead atoms. The van der Waals surface area contributed by atoms with Gasteiger partial charge in [-0.15, -0.1) is 0 Å². The second-order valence-corrected chi connectivity index (χ2v) is 10.4. The predicted octanol–water partition coefficient (Wildman–Crippen LogP) is 0.556. The van der Waals surface area contributed by atoms with Crippen molar-refractivity contribution < 1.29 is 28.7 Å². The molecule has 216 valence electrons. The minimum atomic E-state index is -1.02. The van der Waals surface area contributed by atoms with Crippen LogP contribution in [0.5, 0.6) is 0 Å². The molecule has 1 aromatic rings. The highest BCUT2D eigenvalue weighted by molar-refractivity contribution is 5.94. The average Bonchev–Trinajstić information content (AvgIpc) is 2.89. The average molecular weight is 546 g/mol. The lowest BCUT2D eigenvalue weighted by atomic mass is 9.96. The lowest BCUT2D eigenvalue weighted by molar-refractivity contribution is -0.152. The normalized spacial score (nSPS) is 16.2. The topological polar surface area (TPSA) is 169 Å². The second kappa shape index (κ2) is 15.8. The molecule has 6 N–H and O–H groups in total. The molecule has 0 spiro atoms. The molecule has 11 nitrogen and oxygen atoms in total. The van der Waals surface area contributed by atoms with Gasteiger partial charge < -0.3 is 31.7 Å². The summed E-state index contributed by atoms with van der Waals surface area (Å²) in [4.78, 5) is 63.1. The number of nitrogens with one attached hydrogen (secondary N) is 4. The van der Waals surface area contributed by atoms with E-state index >= 15 is 0 Å². The zero-order chi connectivity index (χ0) is 28.9. The van der Waals surface area contributed by atoms with Crippen molar-refractivity contribution in [2.75, 3.05) is 13.1 Å². The lowest BCUT2D eigenvalue weighted by Gasteiger charge is -2.27. The van der Waals surface area contributed by atoms with Crippen molar-refractivity contribution in [1.29, 1.82) is 0 Å². The Labute approximate surface area is 230 Å². The van der Waals surface area contributed by atoms with Gasteiger partial charge in [0.1, 0.15) is 24.7 Å². The third-order valence-electron chi connectivity index (χ3n) is 6.92. The maximum atomic E-state index is 13.3. The van der Waals surface area contributed by atoms with Crippen molar-refractivity contribution in [2.24, 2.45) is 17.6 Å². The van der Waals surface area contributed by atoms with Gasteiger partial charge in [-0.25, -0.2) is 0 Å². The number of carbonyl (C=O) groups is 5. The Kier molecular flexibility index (Phi) is 12.9. The number of benzene rings is 1. The van der Waals surface area contributed by atoms with Gasteiger partial charge in [0, 0.05) is 6.42 Å². The molecule has 1 aliphatic carbocycles. The van der Waals surface area contributed by atoms with Crippen LogP contribution in [-0.2, 0) is 35.1 Å². The van der Waals surface area contributed by atoms with Crippen molar-refractivity contribution in [3.05, 3.63) is 35.9 Å². The molecule has 1 fully saturated rings. The van der Waals surface area contributed by atoms with E-state index in [-0.39, 0.29) is 37.5 Å². The summed E-state index contributed by atoms with van der Waals surface area (Å²) in [7, 11) is 0. The monoisotopic (exact) mass is 545 g/mol. The number of amides is 4. The maximum absolute atomic E-state index is 13.3. The van der Waals surface area contributed by atoms with Gasteiger partial charge in [-0.1, -0.05) is 64.4 Å². The van der Waals surface area contributed by atoms with Crippen LogP contribution in [0.2, 0.25) is 0 Å². The number of rotatable bonds is 15. The van der Waals surface area contributed by atoms with E-state index in [1.165, 1.54) is 0 Å². The van der Waals surface area contributed by atoms with E-state index in [0.29, 0.717) is 6.42 Å². The quantitative estimate of drug-likeness (QED) is 0.201. The fraction of sp³-hybridized carbons (Fsp3) is 0.607. The highest BCUT2D eigenvalue weighted by Crippen LogP contribution is 2.21. The van der Waals surface area contributed by atoms with E-state index in [0.717, 1.165) is 24.8 Å². The van der Waals surface area contributed by atoms with Crippen LogP contribution in [0.15, 0.2) is 30.3 Å². The Morgan fingerprint density at radius 3 is 2.13 bits per heavy atom. The van der Waals surface area contributed by atoms with Gasteiger partial charge in [0.15, 0.2) is 0 Å². The molecular formula is C28H43N5O6. The molecule has 0 aliphatic heterocycles. The second-order valence-electron chi connectivity index (χ2n) is 10.4. The highest BCUT2D eigenvalue weighted by Gasteiger charge is 2.30. The summed E-state index contributed by atoms with van der Waals surface area (Å²) in [6.45, 7) is 6.65. The van der Waals surface area contributed by atoms with Gasteiger partial charge in [0.2, 0.25) is 23.6 Å². The molecule has 1 aromatic carbocycles. The fourth-order valence-electron chi connectivity index (χ4n) is 3.88. The van der Waals surface area contributed by atoms with Crippen LogP contribution in [0.3, 0.4) is 0 Å². The Bertz CT molecular complexity index is 982. The maximum Gasteiger partial charge on any atom is 0.325 e. The molecule has 0 heterocycles. The largest absolute Gasteiger partial charge is 0.461 e. The SMILES string of the molecule is CCC(C)C(N)C(=O)NCC(=O)NC(Cc1ccccc1)C(=O)NC(C(=O)NCC(=O)OC1CCC1)C(C)C. The third kappa shape index (κ3) is 10.7. The van der Waals surface area contributed by atoms with Crippen molar-refractivity contribution in [3.8, 4) is 0 Å². The molecule has 1 aliphatic rings. The summed E-state index contributed by atoms with van der Waals surface area (Å²) in [5.74, 6) is -2.99. The van der Waals surface area contributed by atoms with E-state index in [2.05, 4.69) is 21.3 Å². The first kappa shape index (κ1) is 31.7. The Balaban J connectivity index is 2.01. The number of ether oxygens (including phenoxy) is 1. The van der Waals surface area contributed by atoms with Crippen molar-refractivity contribution in [2.45, 2.75) is 84.0 Å². The summed E-state index contributed by atoms with van der Waals surface area (Å²) in [5.41, 5.74) is 6.72. The molecule has 4 unspecified atom stereocenters. The first-order valence-electron chi connectivity index (χ1n) is 13.7. The molecule has 4 amide bonds. The highest BCUT2D eigenvalue weighted by atomic mass is 16.5. The smallest absolute Gasteiger partial charge is 0.325 e. The number of nitrogens with two attached hydrogens (primary N) is 1. The van der Waals surface area contributed by atoms with Crippen molar-refractivity contribution >= 4 is 29.6 Å². The van der Waals surface area contributed by atoms with Crippen LogP contribution in [0.25, 0.3) is 0 Å². The Morgan fingerprint density at radius 1 is 0.923 bits per heavy atom. The minimum absolute atomic E-state index is 0.0520. The van der Waals surface area contributed by atoms with E-state index in [9.17, 15) is 24.0 Å². The molecule has 0 saturated heterocycles. The summed E-state index contributed by atoms with van der Waals surface area (Å²) in [6.07, 6.45) is 3.46. The molecule has 0 aromatic heterocycles. The summed E-state index contributed by atoms with van der Waals surface area (Å²) in [6, 6.07) is 6.39. The van der Waals surface area contributed by atoms with Gasteiger partial charge >= 0.3 is 5.97 Å². The zero-order valence-electron chi connectivity index (χ0n) is 23.3. The number of hydrogen-bond donors (Lipinski definition) is 5. The van der Waals surface area contributed by atoms with E-state index in [1.807, 2.05) is 44.2 Å². The van der Waals surface area contributed by atoms with Crippen molar-refractivity contribution in [1.82, 2.24) is 21.3 Å². The Morgan fingerprint density at radius 2 is 1.56 bits per heavy atom. The van der Waals surface area contributed by atoms with Gasteiger partial charge in [-0.3, -0.25) is 24.0 Å². The van der Waals surface area contributed by atoms with Crippen molar-refractivity contribution in [3.63, 3.8) is 0 Å².